The highest BCUT2D eigenvalue weighted by Crippen LogP contribution is 2.04. The molecule has 1 unspecified atom stereocenters. The second-order valence-electron chi connectivity index (χ2n) is 3.46. The standard InChI is InChI=1S/C5H12O.C3H6O/c1-5(2,3)6-4;1-3-2-4-3/h1-4H3;3H,2H2,1H3. The van der Waals surface area contributed by atoms with Gasteiger partial charge in [-0.2, -0.15) is 0 Å². The summed E-state index contributed by atoms with van der Waals surface area (Å²) in [6.07, 6.45) is 0.583. The van der Waals surface area contributed by atoms with E-state index in [9.17, 15) is 0 Å². The van der Waals surface area contributed by atoms with Crippen molar-refractivity contribution in [2.45, 2.75) is 39.4 Å². The molecule has 0 bridgehead atoms. The number of ether oxygens (including phenoxy) is 2. The van der Waals surface area contributed by atoms with Crippen LogP contribution in [0.5, 0.6) is 0 Å². The van der Waals surface area contributed by atoms with Crippen molar-refractivity contribution >= 4 is 0 Å². The molecule has 62 valence electrons. The van der Waals surface area contributed by atoms with Crippen LogP contribution in [0, 0.1) is 0 Å². The van der Waals surface area contributed by atoms with Gasteiger partial charge in [0, 0.05) is 7.11 Å². The van der Waals surface area contributed by atoms with E-state index in [4.69, 9.17) is 9.47 Å². The molecule has 0 radical (unpaired) electrons. The molecule has 1 atom stereocenters. The van der Waals surface area contributed by atoms with E-state index in [2.05, 4.69) is 6.92 Å². The van der Waals surface area contributed by atoms with Crippen molar-refractivity contribution in [3.63, 3.8) is 0 Å². The zero-order chi connectivity index (χ0) is 8.20. The maximum atomic E-state index is 4.94. The third-order valence-corrected chi connectivity index (χ3v) is 1.11. The van der Waals surface area contributed by atoms with E-state index in [1.165, 1.54) is 0 Å². The molecule has 2 heteroatoms. The van der Waals surface area contributed by atoms with Gasteiger partial charge >= 0.3 is 0 Å². The van der Waals surface area contributed by atoms with Crippen molar-refractivity contribution in [3.8, 4) is 0 Å². The largest absolute Gasteiger partial charge is 0.379 e. The minimum atomic E-state index is 0.0417. The molecule has 0 aliphatic carbocycles. The summed E-state index contributed by atoms with van der Waals surface area (Å²) in [5.41, 5.74) is 0.0417. The lowest BCUT2D eigenvalue weighted by Gasteiger charge is -2.14. The van der Waals surface area contributed by atoms with Crippen molar-refractivity contribution in [1.82, 2.24) is 0 Å². The van der Waals surface area contributed by atoms with Crippen LogP contribution < -0.4 is 0 Å². The molecule has 0 aromatic carbocycles. The van der Waals surface area contributed by atoms with Crippen LogP contribution in [0.25, 0.3) is 0 Å². The van der Waals surface area contributed by atoms with Gasteiger partial charge in [0.05, 0.1) is 18.3 Å². The molecular weight excluding hydrogens is 128 g/mol. The highest BCUT2D eigenvalue weighted by Gasteiger charge is 2.13. The summed E-state index contributed by atoms with van der Waals surface area (Å²) in [5, 5.41) is 0. The van der Waals surface area contributed by atoms with Crippen LogP contribution in [0.3, 0.4) is 0 Å². The van der Waals surface area contributed by atoms with Gasteiger partial charge in [-0.15, -0.1) is 0 Å². The molecule has 0 amide bonds. The summed E-state index contributed by atoms with van der Waals surface area (Å²) >= 11 is 0. The first-order chi connectivity index (χ1) is 4.45. The van der Waals surface area contributed by atoms with Crippen LogP contribution in [-0.4, -0.2) is 25.4 Å². The van der Waals surface area contributed by atoms with Gasteiger partial charge in [-0.05, 0) is 27.7 Å². The number of hydrogen-bond acceptors (Lipinski definition) is 2. The smallest absolute Gasteiger partial charge is 0.0781 e. The quantitative estimate of drug-likeness (QED) is 0.486. The fourth-order valence-corrected chi connectivity index (χ4v) is 0.0962. The van der Waals surface area contributed by atoms with E-state index in [0.717, 1.165) is 6.61 Å². The number of epoxide rings is 1. The van der Waals surface area contributed by atoms with Gasteiger partial charge in [0.15, 0.2) is 0 Å². The minimum absolute atomic E-state index is 0.0417. The third-order valence-electron chi connectivity index (χ3n) is 1.11. The Labute approximate surface area is 63.5 Å². The Morgan fingerprint density at radius 3 is 1.60 bits per heavy atom. The highest BCUT2D eigenvalue weighted by atomic mass is 16.6. The lowest BCUT2D eigenvalue weighted by Crippen LogP contribution is -2.15. The molecule has 0 spiro atoms. The fourth-order valence-electron chi connectivity index (χ4n) is 0.0962. The predicted octanol–water partition coefficient (Wildman–Crippen LogP) is 1.84. The molecule has 1 aliphatic rings. The molecule has 2 nitrogen and oxygen atoms in total. The van der Waals surface area contributed by atoms with E-state index in [-0.39, 0.29) is 5.60 Å². The molecule has 0 saturated carbocycles. The molecule has 1 saturated heterocycles. The summed E-state index contributed by atoms with van der Waals surface area (Å²) in [6.45, 7) is 9.10. The molecule has 10 heavy (non-hydrogen) atoms. The molecular formula is C8H18O2. The Hall–Kier alpha value is -0.0800. The van der Waals surface area contributed by atoms with E-state index >= 15 is 0 Å². The maximum absolute atomic E-state index is 4.94. The molecule has 1 heterocycles. The first kappa shape index (κ1) is 9.92. The van der Waals surface area contributed by atoms with Gasteiger partial charge in [-0.1, -0.05) is 0 Å². The van der Waals surface area contributed by atoms with Crippen LogP contribution in [0.4, 0.5) is 0 Å². The Kier molecular flexibility index (Phi) is 3.91. The minimum Gasteiger partial charge on any atom is -0.379 e. The van der Waals surface area contributed by atoms with Gasteiger partial charge in [-0.3, -0.25) is 0 Å². The zero-order valence-corrected chi connectivity index (χ0v) is 7.60. The molecule has 1 fully saturated rings. The molecule has 1 rings (SSSR count). The predicted molar refractivity (Wildman–Crippen MR) is 42.2 cm³/mol. The lowest BCUT2D eigenvalue weighted by atomic mass is 10.2. The lowest BCUT2D eigenvalue weighted by molar-refractivity contribution is 0.0397. The summed E-state index contributed by atoms with van der Waals surface area (Å²) in [5.74, 6) is 0. The van der Waals surface area contributed by atoms with Gasteiger partial charge < -0.3 is 9.47 Å². The Morgan fingerprint density at radius 1 is 1.40 bits per heavy atom. The maximum Gasteiger partial charge on any atom is 0.0781 e. The van der Waals surface area contributed by atoms with Gasteiger partial charge in [0.25, 0.3) is 0 Å². The fraction of sp³-hybridized carbons (Fsp3) is 1.00. The molecule has 1 aliphatic heterocycles. The monoisotopic (exact) mass is 146 g/mol. The van der Waals surface area contributed by atoms with Gasteiger partial charge in [-0.25, -0.2) is 0 Å². The topological polar surface area (TPSA) is 21.8 Å². The Bertz CT molecular complexity index is 79.7. The number of hydrogen-bond donors (Lipinski definition) is 0. The first-order valence-corrected chi connectivity index (χ1v) is 3.62. The van der Waals surface area contributed by atoms with Crippen LogP contribution in [0.2, 0.25) is 0 Å². The van der Waals surface area contributed by atoms with Crippen LogP contribution in [0.1, 0.15) is 27.7 Å². The highest BCUT2D eigenvalue weighted by molar-refractivity contribution is 4.58. The Morgan fingerprint density at radius 2 is 1.60 bits per heavy atom. The van der Waals surface area contributed by atoms with E-state index in [0.29, 0.717) is 6.10 Å². The van der Waals surface area contributed by atoms with Crippen molar-refractivity contribution in [2.75, 3.05) is 13.7 Å². The normalized spacial score (nSPS) is 23.1. The molecule has 0 aromatic rings. The summed E-state index contributed by atoms with van der Waals surface area (Å²) < 4.78 is 9.65. The van der Waals surface area contributed by atoms with Crippen LogP contribution in [0.15, 0.2) is 0 Å². The summed E-state index contributed by atoms with van der Waals surface area (Å²) in [4.78, 5) is 0. The van der Waals surface area contributed by atoms with Crippen molar-refractivity contribution in [2.24, 2.45) is 0 Å². The second-order valence-corrected chi connectivity index (χ2v) is 3.46. The molecule has 0 N–H and O–H groups in total. The van der Waals surface area contributed by atoms with E-state index in [1.807, 2.05) is 20.8 Å². The SMILES string of the molecule is CC1CO1.COC(C)(C)C. The summed E-state index contributed by atoms with van der Waals surface area (Å²) in [7, 11) is 1.71. The average Bonchev–Trinajstić information content (AvgIpc) is 2.51. The number of methoxy groups -OCH3 is 1. The van der Waals surface area contributed by atoms with E-state index in [1.54, 1.807) is 7.11 Å². The number of rotatable bonds is 0. The van der Waals surface area contributed by atoms with Crippen molar-refractivity contribution < 1.29 is 9.47 Å². The third kappa shape index (κ3) is 10.8. The Balaban J connectivity index is 0.000000172. The average molecular weight is 146 g/mol. The van der Waals surface area contributed by atoms with Crippen LogP contribution in [-0.2, 0) is 9.47 Å². The summed E-state index contributed by atoms with van der Waals surface area (Å²) in [6, 6.07) is 0. The van der Waals surface area contributed by atoms with E-state index < -0.39 is 0 Å². The van der Waals surface area contributed by atoms with Crippen molar-refractivity contribution in [1.29, 1.82) is 0 Å². The van der Waals surface area contributed by atoms with Gasteiger partial charge in [0.1, 0.15) is 0 Å². The first-order valence-electron chi connectivity index (χ1n) is 3.62. The van der Waals surface area contributed by atoms with Crippen molar-refractivity contribution in [3.05, 3.63) is 0 Å². The van der Waals surface area contributed by atoms with Crippen LogP contribution >= 0.6 is 0 Å². The van der Waals surface area contributed by atoms with Gasteiger partial charge in [0.2, 0.25) is 0 Å². The zero-order valence-electron chi connectivity index (χ0n) is 7.60. The molecule has 0 aromatic heterocycles. The second kappa shape index (κ2) is 3.94.